The van der Waals surface area contributed by atoms with Gasteiger partial charge in [-0.1, -0.05) is 13.0 Å². The largest absolute Gasteiger partial charge is 0.416 e. The lowest BCUT2D eigenvalue weighted by Crippen LogP contribution is -2.31. The van der Waals surface area contributed by atoms with E-state index in [-0.39, 0.29) is 16.9 Å². The van der Waals surface area contributed by atoms with Gasteiger partial charge in [-0.05, 0) is 49.7 Å². The lowest BCUT2D eigenvalue weighted by Gasteiger charge is -2.23. The number of hydrogen-bond acceptors (Lipinski definition) is 6. The molecule has 40 heavy (non-hydrogen) atoms. The number of amidine groups is 1. The van der Waals surface area contributed by atoms with E-state index < -0.39 is 17.6 Å². The van der Waals surface area contributed by atoms with Crippen molar-refractivity contribution >= 4 is 34.5 Å². The number of anilines is 2. The van der Waals surface area contributed by atoms with Gasteiger partial charge >= 0.3 is 6.18 Å². The number of aliphatic imine (C=N–C) groups is 1. The molecule has 3 aromatic rings. The van der Waals surface area contributed by atoms with Gasteiger partial charge in [-0.15, -0.1) is 0 Å². The van der Waals surface area contributed by atoms with Gasteiger partial charge in [-0.25, -0.2) is 10.4 Å². The molecule has 0 atom stereocenters. The van der Waals surface area contributed by atoms with Gasteiger partial charge in [0.1, 0.15) is 5.84 Å². The minimum absolute atomic E-state index is 0.0171. The van der Waals surface area contributed by atoms with Crippen LogP contribution in [0.1, 0.15) is 46.1 Å². The van der Waals surface area contributed by atoms with Crippen molar-refractivity contribution < 1.29 is 18.0 Å². The Balaban J connectivity index is 1.96. The third-order valence-corrected chi connectivity index (χ3v) is 6.38. The SMILES string of the molecule is CCC(=Nc1cc(NC(=O)c2ccc(C)c(N(/C=C(\N)c3cnn(C)c3C)NC)c2)cc(C(F)(F)F)c1)N(C)C. The summed E-state index contributed by atoms with van der Waals surface area (Å²) in [5, 5.41) is 8.48. The first-order chi connectivity index (χ1) is 18.7. The third-order valence-electron chi connectivity index (χ3n) is 6.38. The third kappa shape index (κ3) is 7.00. The smallest absolute Gasteiger partial charge is 0.397 e. The fraction of sp³-hybridized carbons (Fsp3) is 0.321. The van der Waals surface area contributed by atoms with Gasteiger partial charge in [0.2, 0.25) is 0 Å². The maximum absolute atomic E-state index is 13.7. The van der Waals surface area contributed by atoms with E-state index in [0.29, 0.717) is 23.6 Å². The molecule has 0 aliphatic heterocycles. The number of alkyl halides is 3. The van der Waals surface area contributed by atoms with Crippen LogP contribution < -0.4 is 21.5 Å². The molecule has 1 aromatic heterocycles. The zero-order valence-corrected chi connectivity index (χ0v) is 23.7. The van der Waals surface area contributed by atoms with E-state index in [1.165, 1.54) is 6.07 Å². The Kier molecular flexibility index (Phi) is 9.25. The summed E-state index contributed by atoms with van der Waals surface area (Å²) in [6.07, 6.45) is -0.737. The monoisotopic (exact) mass is 556 g/mol. The van der Waals surface area contributed by atoms with Crippen molar-refractivity contribution in [3.05, 3.63) is 76.7 Å². The van der Waals surface area contributed by atoms with Crippen molar-refractivity contribution in [1.82, 2.24) is 20.1 Å². The number of aryl methyl sites for hydroxylation is 2. The van der Waals surface area contributed by atoms with E-state index in [1.54, 1.807) is 66.3 Å². The summed E-state index contributed by atoms with van der Waals surface area (Å²) in [6.45, 7) is 5.63. The number of hydrazine groups is 1. The number of nitrogens with one attached hydrogen (secondary N) is 2. The Morgan fingerprint density at radius 1 is 1.18 bits per heavy atom. The first-order valence-corrected chi connectivity index (χ1v) is 12.6. The van der Waals surface area contributed by atoms with Crippen LogP contribution in [0.3, 0.4) is 0 Å². The molecular formula is C28H35F3N8O. The number of nitrogens with zero attached hydrogens (tertiary/aromatic N) is 5. The average molecular weight is 557 g/mol. The summed E-state index contributed by atoms with van der Waals surface area (Å²) in [4.78, 5) is 19.3. The van der Waals surface area contributed by atoms with Crippen LogP contribution in [0.15, 0.2) is 53.8 Å². The Labute approximate surface area is 232 Å². The average Bonchev–Trinajstić information content (AvgIpc) is 3.23. The van der Waals surface area contributed by atoms with Crippen molar-refractivity contribution in [2.75, 3.05) is 31.5 Å². The van der Waals surface area contributed by atoms with Gasteiger partial charge in [-0.2, -0.15) is 18.3 Å². The number of benzene rings is 2. The van der Waals surface area contributed by atoms with E-state index >= 15 is 0 Å². The zero-order chi connectivity index (χ0) is 29.8. The molecule has 0 fully saturated rings. The molecule has 1 amide bonds. The van der Waals surface area contributed by atoms with Crippen molar-refractivity contribution in [3.8, 4) is 0 Å². The second-order valence-electron chi connectivity index (χ2n) is 9.44. The number of halogens is 3. The number of nitrogens with two attached hydrogens (primary N) is 1. The molecule has 0 bridgehead atoms. The van der Waals surface area contributed by atoms with Crippen LogP contribution in [-0.4, -0.2) is 47.6 Å². The molecule has 0 radical (unpaired) electrons. The number of amides is 1. The van der Waals surface area contributed by atoms with Crippen LogP contribution in [0.5, 0.6) is 0 Å². The highest BCUT2D eigenvalue weighted by atomic mass is 19.4. The highest BCUT2D eigenvalue weighted by Crippen LogP contribution is 2.35. The first-order valence-electron chi connectivity index (χ1n) is 12.6. The second-order valence-corrected chi connectivity index (χ2v) is 9.44. The van der Waals surface area contributed by atoms with Crippen LogP contribution in [0, 0.1) is 13.8 Å². The highest BCUT2D eigenvalue weighted by Gasteiger charge is 2.31. The molecule has 2 aromatic carbocycles. The van der Waals surface area contributed by atoms with E-state index in [0.717, 1.165) is 29.0 Å². The minimum Gasteiger partial charge on any atom is -0.397 e. The highest BCUT2D eigenvalue weighted by molar-refractivity contribution is 6.05. The quantitative estimate of drug-likeness (QED) is 0.200. The first kappa shape index (κ1) is 30.2. The summed E-state index contributed by atoms with van der Waals surface area (Å²) in [7, 11) is 7.05. The van der Waals surface area contributed by atoms with Crippen LogP contribution >= 0.6 is 0 Å². The molecule has 1 heterocycles. The predicted octanol–water partition coefficient (Wildman–Crippen LogP) is 5.21. The standard InChI is InChI=1S/C28H35F3N8O/c1-8-26(37(5)6)35-21-12-20(28(29,30)31)13-22(14-21)36-27(40)19-10-9-17(2)25(11-19)39(33-4)16-24(32)23-15-34-38(7)18(23)3/h9-16,33H,8,32H2,1-7H3,(H,36,40)/b24-16-,35-26?. The molecule has 214 valence electrons. The molecule has 0 aliphatic carbocycles. The van der Waals surface area contributed by atoms with Gasteiger partial charge in [0.15, 0.2) is 0 Å². The molecule has 4 N–H and O–H groups in total. The predicted molar refractivity (Wildman–Crippen MR) is 153 cm³/mol. The summed E-state index contributed by atoms with van der Waals surface area (Å²) < 4.78 is 42.7. The molecule has 0 spiro atoms. The number of carbonyl (C=O) groups is 1. The summed E-state index contributed by atoms with van der Waals surface area (Å²) in [5.41, 5.74) is 12.4. The topological polar surface area (TPSA) is 104 Å². The molecule has 9 nitrogen and oxygen atoms in total. The molecule has 0 aliphatic rings. The lowest BCUT2D eigenvalue weighted by atomic mass is 10.1. The fourth-order valence-electron chi connectivity index (χ4n) is 4.01. The molecule has 0 unspecified atom stereocenters. The molecule has 0 saturated heterocycles. The minimum atomic E-state index is -4.61. The van der Waals surface area contributed by atoms with Crippen molar-refractivity contribution in [2.45, 2.75) is 33.4 Å². The summed E-state index contributed by atoms with van der Waals surface area (Å²) in [5.74, 6) is 0.0238. The number of rotatable bonds is 8. The fourth-order valence-corrected chi connectivity index (χ4v) is 4.01. The summed E-state index contributed by atoms with van der Waals surface area (Å²) >= 11 is 0. The van der Waals surface area contributed by atoms with Crippen LogP contribution in [0.25, 0.3) is 5.70 Å². The van der Waals surface area contributed by atoms with Gasteiger partial charge < -0.3 is 16.0 Å². The van der Waals surface area contributed by atoms with Crippen molar-refractivity contribution in [3.63, 3.8) is 0 Å². The Hall–Kier alpha value is -4.32. The van der Waals surface area contributed by atoms with E-state index in [4.69, 9.17) is 5.73 Å². The summed E-state index contributed by atoms with van der Waals surface area (Å²) in [6, 6.07) is 8.27. The zero-order valence-electron chi connectivity index (χ0n) is 23.7. The number of carbonyl (C=O) groups excluding carboxylic acids is 1. The molecular weight excluding hydrogens is 521 g/mol. The van der Waals surface area contributed by atoms with Gasteiger partial charge in [0.25, 0.3) is 5.91 Å². The van der Waals surface area contributed by atoms with E-state index in [1.807, 2.05) is 27.8 Å². The van der Waals surface area contributed by atoms with Crippen LogP contribution in [0.4, 0.5) is 30.2 Å². The van der Waals surface area contributed by atoms with Crippen molar-refractivity contribution in [2.24, 2.45) is 17.8 Å². The van der Waals surface area contributed by atoms with Crippen LogP contribution in [0.2, 0.25) is 0 Å². The normalized spacial score (nSPS) is 12.4. The Bertz CT molecular complexity index is 1440. The Morgan fingerprint density at radius 2 is 1.88 bits per heavy atom. The van der Waals surface area contributed by atoms with E-state index in [9.17, 15) is 18.0 Å². The van der Waals surface area contributed by atoms with Gasteiger partial charge in [-0.3, -0.25) is 14.5 Å². The van der Waals surface area contributed by atoms with Gasteiger partial charge in [0, 0.05) is 63.3 Å². The van der Waals surface area contributed by atoms with Crippen molar-refractivity contribution in [1.29, 1.82) is 0 Å². The molecule has 0 saturated carbocycles. The van der Waals surface area contributed by atoms with E-state index in [2.05, 4.69) is 20.8 Å². The van der Waals surface area contributed by atoms with Gasteiger partial charge in [0.05, 0.1) is 28.8 Å². The molecule has 12 heteroatoms. The Morgan fingerprint density at radius 3 is 2.42 bits per heavy atom. The number of aromatic nitrogens is 2. The maximum atomic E-state index is 13.7. The molecule has 3 rings (SSSR count). The lowest BCUT2D eigenvalue weighted by molar-refractivity contribution is -0.137. The van der Waals surface area contributed by atoms with Crippen LogP contribution in [-0.2, 0) is 13.2 Å². The second kappa shape index (κ2) is 12.2. The number of hydrogen-bond donors (Lipinski definition) is 3. The maximum Gasteiger partial charge on any atom is 0.416 e.